The smallest absolute Gasteiger partial charge is 0.365 e. The van der Waals surface area contributed by atoms with Gasteiger partial charge in [0.05, 0.1) is 5.56 Å². The van der Waals surface area contributed by atoms with Crippen molar-refractivity contribution in [3.05, 3.63) is 59.2 Å². The largest absolute Gasteiger partial charge is 0.366 e. The van der Waals surface area contributed by atoms with E-state index in [9.17, 15) is 14.4 Å². The van der Waals surface area contributed by atoms with Gasteiger partial charge < -0.3 is 10.6 Å². The molecule has 2 rings (SSSR count). The van der Waals surface area contributed by atoms with Crippen molar-refractivity contribution in [2.45, 2.75) is 20.8 Å². The van der Waals surface area contributed by atoms with Gasteiger partial charge in [-0.25, -0.2) is 4.79 Å². The molecule has 0 unspecified atom stereocenters. The molecular weight excluding hydrogens is 308 g/mol. The Morgan fingerprint density at radius 1 is 1.04 bits per heavy atom. The van der Waals surface area contributed by atoms with Gasteiger partial charge in [-0.3, -0.25) is 9.59 Å². The molecule has 124 valence electrons. The highest BCUT2D eigenvalue weighted by Gasteiger charge is 2.24. The summed E-state index contributed by atoms with van der Waals surface area (Å²) in [5.74, 6) is -1.34. The van der Waals surface area contributed by atoms with E-state index in [4.69, 9.17) is 10.6 Å². The maximum absolute atomic E-state index is 12.0. The van der Waals surface area contributed by atoms with Gasteiger partial charge in [-0.05, 0) is 47.9 Å². The standard InChI is InChI=1S/C18H18N2O4/c1-18(2,3)14-10-13(8-9-15(14)21)20-24-17(23)12-6-4-11(5-7-12)16(19)22/h4-10H,1-3H3,(H2,19,22)/b20-13+. The summed E-state index contributed by atoms with van der Waals surface area (Å²) in [6.45, 7) is 5.75. The van der Waals surface area contributed by atoms with Gasteiger partial charge in [-0.2, -0.15) is 0 Å². The van der Waals surface area contributed by atoms with E-state index in [2.05, 4.69) is 5.16 Å². The van der Waals surface area contributed by atoms with Crippen molar-refractivity contribution in [2.75, 3.05) is 0 Å². The van der Waals surface area contributed by atoms with Gasteiger partial charge in [0.1, 0.15) is 5.71 Å². The highest BCUT2D eigenvalue weighted by molar-refractivity contribution is 6.19. The zero-order valence-electron chi connectivity index (χ0n) is 13.7. The molecular formula is C18H18N2O4. The van der Waals surface area contributed by atoms with E-state index in [1.54, 1.807) is 6.08 Å². The Bertz CT molecular complexity index is 778. The molecule has 0 atom stereocenters. The summed E-state index contributed by atoms with van der Waals surface area (Å²) in [5, 5.41) is 3.78. The third-order valence-electron chi connectivity index (χ3n) is 3.41. The van der Waals surface area contributed by atoms with Crippen molar-refractivity contribution < 1.29 is 19.2 Å². The monoisotopic (exact) mass is 326 g/mol. The molecule has 24 heavy (non-hydrogen) atoms. The number of allylic oxidation sites excluding steroid dienone is 4. The van der Waals surface area contributed by atoms with Crippen LogP contribution in [0.2, 0.25) is 0 Å². The Kier molecular flexibility index (Phi) is 4.78. The van der Waals surface area contributed by atoms with Crippen LogP contribution in [0.3, 0.4) is 0 Å². The number of carbonyl (C=O) groups excluding carboxylic acids is 3. The molecule has 1 amide bonds. The Balaban J connectivity index is 2.14. The van der Waals surface area contributed by atoms with E-state index in [0.29, 0.717) is 16.8 Å². The number of amides is 1. The van der Waals surface area contributed by atoms with Crippen LogP contribution in [-0.4, -0.2) is 23.4 Å². The van der Waals surface area contributed by atoms with E-state index in [1.807, 2.05) is 20.8 Å². The van der Waals surface area contributed by atoms with Gasteiger partial charge in [0.2, 0.25) is 5.91 Å². The molecule has 0 radical (unpaired) electrons. The summed E-state index contributed by atoms with van der Waals surface area (Å²) >= 11 is 0. The minimum atomic E-state index is -0.672. The topological polar surface area (TPSA) is 98.8 Å². The van der Waals surface area contributed by atoms with Crippen LogP contribution in [0.1, 0.15) is 41.5 Å². The van der Waals surface area contributed by atoms with E-state index >= 15 is 0 Å². The summed E-state index contributed by atoms with van der Waals surface area (Å²) in [6, 6.07) is 5.73. The van der Waals surface area contributed by atoms with E-state index in [-0.39, 0.29) is 16.8 Å². The lowest BCUT2D eigenvalue weighted by Gasteiger charge is -2.22. The van der Waals surface area contributed by atoms with Crippen molar-refractivity contribution in [3.63, 3.8) is 0 Å². The molecule has 1 aliphatic rings. The first-order valence-electron chi connectivity index (χ1n) is 7.32. The van der Waals surface area contributed by atoms with Crippen LogP contribution in [0, 0.1) is 5.41 Å². The molecule has 0 heterocycles. The number of primary amides is 1. The lowest BCUT2D eigenvalue weighted by Crippen LogP contribution is -2.20. The van der Waals surface area contributed by atoms with Gasteiger partial charge in [-0.1, -0.05) is 25.9 Å². The fourth-order valence-electron chi connectivity index (χ4n) is 2.08. The number of oxime groups is 1. The average Bonchev–Trinajstić information content (AvgIpc) is 2.52. The second-order valence-electron chi connectivity index (χ2n) is 6.34. The van der Waals surface area contributed by atoms with Gasteiger partial charge >= 0.3 is 5.97 Å². The van der Waals surface area contributed by atoms with E-state index < -0.39 is 11.9 Å². The zero-order chi connectivity index (χ0) is 17.9. The van der Waals surface area contributed by atoms with Gasteiger partial charge in [0, 0.05) is 11.1 Å². The van der Waals surface area contributed by atoms with Crippen molar-refractivity contribution in [2.24, 2.45) is 16.3 Å². The quantitative estimate of drug-likeness (QED) is 0.524. The number of hydrogen-bond donors (Lipinski definition) is 1. The molecule has 0 saturated heterocycles. The number of nitrogens with zero attached hydrogens (tertiary/aromatic N) is 1. The summed E-state index contributed by atoms with van der Waals surface area (Å²) in [5.41, 5.74) is 6.30. The third-order valence-corrected chi connectivity index (χ3v) is 3.41. The number of nitrogens with two attached hydrogens (primary N) is 1. The van der Waals surface area contributed by atoms with E-state index in [1.165, 1.54) is 36.4 Å². The van der Waals surface area contributed by atoms with Crippen LogP contribution in [0.25, 0.3) is 0 Å². The van der Waals surface area contributed by atoms with Crippen molar-refractivity contribution in [3.8, 4) is 0 Å². The molecule has 1 aliphatic carbocycles. The Labute approximate surface area is 139 Å². The normalized spacial score (nSPS) is 16.0. The molecule has 0 aliphatic heterocycles. The second kappa shape index (κ2) is 6.62. The first-order valence-corrected chi connectivity index (χ1v) is 7.32. The highest BCUT2D eigenvalue weighted by atomic mass is 16.7. The van der Waals surface area contributed by atoms with Crippen LogP contribution in [0.4, 0.5) is 0 Å². The Morgan fingerprint density at radius 2 is 1.62 bits per heavy atom. The van der Waals surface area contributed by atoms with Crippen LogP contribution in [-0.2, 0) is 9.63 Å². The van der Waals surface area contributed by atoms with Gasteiger partial charge in [0.15, 0.2) is 5.78 Å². The predicted octanol–water partition coefficient (Wildman–Crippen LogP) is 2.41. The summed E-state index contributed by atoms with van der Waals surface area (Å²) in [6.07, 6.45) is 4.49. The number of ketones is 1. The average molecular weight is 326 g/mol. The van der Waals surface area contributed by atoms with Crippen LogP contribution in [0.15, 0.2) is 53.2 Å². The highest BCUT2D eigenvalue weighted by Crippen LogP contribution is 2.28. The molecule has 0 aromatic heterocycles. The third kappa shape index (κ3) is 4.04. The lowest BCUT2D eigenvalue weighted by atomic mass is 9.81. The molecule has 1 aromatic rings. The molecule has 6 heteroatoms. The SMILES string of the molecule is CC(C)(C)C1=C/C(=N/OC(=O)c2ccc(C(N)=O)cc2)C=CC1=O. The summed E-state index contributed by atoms with van der Waals surface area (Å²) in [4.78, 5) is 39.7. The number of benzene rings is 1. The molecule has 6 nitrogen and oxygen atoms in total. The molecule has 0 spiro atoms. The molecule has 1 aromatic carbocycles. The Hall–Kier alpha value is -3.02. The lowest BCUT2D eigenvalue weighted by molar-refractivity contribution is -0.112. The summed E-state index contributed by atoms with van der Waals surface area (Å²) < 4.78 is 0. The van der Waals surface area contributed by atoms with Crippen LogP contribution in [0.5, 0.6) is 0 Å². The van der Waals surface area contributed by atoms with Gasteiger partial charge in [-0.15, -0.1) is 0 Å². The minimum absolute atomic E-state index is 0.0881. The first kappa shape index (κ1) is 17.3. The van der Waals surface area contributed by atoms with Crippen molar-refractivity contribution >= 4 is 23.4 Å². The van der Waals surface area contributed by atoms with Crippen molar-refractivity contribution in [1.82, 2.24) is 0 Å². The number of carbonyl (C=O) groups is 3. The second-order valence-corrected chi connectivity index (χ2v) is 6.34. The molecule has 0 saturated carbocycles. The zero-order valence-corrected chi connectivity index (χ0v) is 13.7. The number of rotatable bonds is 3. The van der Waals surface area contributed by atoms with E-state index in [0.717, 1.165) is 0 Å². The molecule has 0 bridgehead atoms. The van der Waals surface area contributed by atoms with Gasteiger partial charge in [0.25, 0.3) is 0 Å². The molecule has 0 fully saturated rings. The fraction of sp³-hybridized carbons (Fsp3) is 0.222. The predicted molar refractivity (Wildman–Crippen MR) is 89.5 cm³/mol. The maximum atomic E-state index is 12.0. The Morgan fingerprint density at radius 3 is 2.17 bits per heavy atom. The first-order chi connectivity index (χ1) is 11.2. The number of hydrogen-bond acceptors (Lipinski definition) is 5. The minimum Gasteiger partial charge on any atom is -0.366 e. The van der Waals surface area contributed by atoms with Crippen LogP contribution >= 0.6 is 0 Å². The molecule has 2 N–H and O–H groups in total. The van der Waals surface area contributed by atoms with Crippen molar-refractivity contribution in [1.29, 1.82) is 0 Å². The summed E-state index contributed by atoms with van der Waals surface area (Å²) in [7, 11) is 0. The maximum Gasteiger partial charge on any atom is 0.365 e. The van der Waals surface area contributed by atoms with Crippen LogP contribution < -0.4 is 5.73 Å². The fourth-order valence-corrected chi connectivity index (χ4v) is 2.08.